The van der Waals surface area contributed by atoms with E-state index in [0.717, 1.165) is 0 Å². The summed E-state index contributed by atoms with van der Waals surface area (Å²) in [5.41, 5.74) is 2.32. The van der Waals surface area contributed by atoms with E-state index in [2.05, 4.69) is 0 Å². The molecule has 0 N–H and O–H groups in total. The van der Waals surface area contributed by atoms with E-state index in [-0.39, 0.29) is 23.2 Å². The number of hydrogen-bond donors (Lipinski definition) is 0. The zero-order valence-corrected chi connectivity index (χ0v) is 19.8. The summed E-state index contributed by atoms with van der Waals surface area (Å²) in [6.07, 6.45) is 1.60. The summed E-state index contributed by atoms with van der Waals surface area (Å²) in [5, 5.41) is 0.277. The van der Waals surface area contributed by atoms with E-state index in [9.17, 15) is 9.18 Å². The Balaban J connectivity index is 1.62. The average Bonchev–Trinajstić information content (AvgIpc) is 3.15. The number of hydrogen-bond acceptors (Lipinski definition) is 6. The van der Waals surface area contributed by atoms with Crippen LogP contribution in [0.3, 0.4) is 0 Å². The molecule has 3 aromatic carbocycles. The third-order valence-corrected chi connectivity index (χ3v) is 5.81. The lowest BCUT2D eigenvalue weighted by atomic mass is 10.1. The number of methoxy groups -OCH3 is 3. The Kier molecular flexibility index (Phi) is 6.65. The van der Waals surface area contributed by atoms with Crippen molar-refractivity contribution in [1.29, 1.82) is 0 Å². The Morgan fingerprint density at radius 1 is 0.971 bits per heavy atom. The summed E-state index contributed by atoms with van der Waals surface area (Å²) < 4.78 is 41.3. The molecule has 3 aromatic rings. The van der Waals surface area contributed by atoms with Crippen LogP contribution in [-0.4, -0.2) is 27.1 Å². The number of ether oxygens (including phenoxy) is 5. The quantitative estimate of drug-likeness (QED) is 0.383. The molecule has 176 valence electrons. The first-order valence-corrected chi connectivity index (χ1v) is 10.7. The predicted molar refractivity (Wildman–Crippen MR) is 126 cm³/mol. The van der Waals surface area contributed by atoms with Crippen molar-refractivity contribution in [3.05, 3.63) is 81.3 Å². The standard InChI is InChI=1S/C26H22ClFO6/c1-14-20(33-13-16-5-7-17(28)12-19(16)27)10-8-18-23(29)22(34-24(14)18)11-15-6-9-21(30-2)26(32-4)25(15)31-3/h5-12H,13H2,1-4H3/b22-11-. The van der Waals surface area contributed by atoms with Gasteiger partial charge in [0.15, 0.2) is 17.3 Å². The first kappa shape index (κ1) is 23.4. The van der Waals surface area contributed by atoms with Crippen molar-refractivity contribution in [3.8, 4) is 28.7 Å². The molecular weight excluding hydrogens is 463 g/mol. The van der Waals surface area contributed by atoms with Gasteiger partial charge in [-0.05, 0) is 49.4 Å². The van der Waals surface area contributed by atoms with Crippen LogP contribution in [0, 0.1) is 12.7 Å². The molecule has 0 bridgehead atoms. The summed E-state index contributed by atoms with van der Waals surface area (Å²) in [6, 6.07) is 10.9. The van der Waals surface area contributed by atoms with Gasteiger partial charge in [-0.15, -0.1) is 0 Å². The Bertz CT molecular complexity index is 1300. The topological polar surface area (TPSA) is 63.2 Å². The highest BCUT2D eigenvalue weighted by atomic mass is 35.5. The minimum atomic E-state index is -0.417. The SMILES string of the molecule is COc1ccc(/C=C2\Oc3c(ccc(OCc4ccc(F)cc4Cl)c3C)C2=O)c(OC)c1OC. The highest BCUT2D eigenvalue weighted by Gasteiger charge is 2.31. The number of fused-ring (bicyclic) bond motifs is 1. The molecule has 0 atom stereocenters. The van der Waals surface area contributed by atoms with Gasteiger partial charge in [0, 0.05) is 16.7 Å². The van der Waals surface area contributed by atoms with E-state index in [1.807, 2.05) is 0 Å². The molecule has 0 radical (unpaired) electrons. The Labute approximate surface area is 201 Å². The molecule has 34 heavy (non-hydrogen) atoms. The van der Waals surface area contributed by atoms with Crippen LogP contribution in [0.1, 0.15) is 27.0 Å². The highest BCUT2D eigenvalue weighted by Crippen LogP contribution is 2.43. The lowest BCUT2D eigenvalue weighted by Crippen LogP contribution is -2.00. The molecule has 1 heterocycles. The molecule has 0 unspecified atom stereocenters. The number of Topliss-reactive ketones (excluding diaryl/α,β-unsaturated/α-hetero) is 1. The second-order valence-electron chi connectivity index (χ2n) is 7.45. The first-order valence-electron chi connectivity index (χ1n) is 10.3. The molecule has 1 aliphatic heterocycles. The number of benzene rings is 3. The van der Waals surface area contributed by atoms with E-state index < -0.39 is 5.82 Å². The Hall–Kier alpha value is -3.71. The normalized spacial score (nSPS) is 13.5. The van der Waals surface area contributed by atoms with Crippen molar-refractivity contribution < 1.29 is 32.9 Å². The van der Waals surface area contributed by atoms with Crippen LogP contribution >= 0.6 is 11.6 Å². The van der Waals surface area contributed by atoms with Crippen LogP contribution in [0.2, 0.25) is 5.02 Å². The number of carbonyl (C=O) groups excluding carboxylic acids is 1. The third-order valence-electron chi connectivity index (χ3n) is 5.46. The van der Waals surface area contributed by atoms with Gasteiger partial charge in [-0.1, -0.05) is 17.7 Å². The van der Waals surface area contributed by atoms with Gasteiger partial charge >= 0.3 is 0 Å². The molecule has 0 amide bonds. The summed E-state index contributed by atoms with van der Waals surface area (Å²) in [5.74, 6) is 1.73. The zero-order chi connectivity index (χ0) is 24.4. The van der Waals surface area contributed by atoms with Crippen molar-refractivity contribution in [2.24, 2.45) is 0 Å². The smallest absolute Gasteiger partial charge is 0.231 e. The summed E-state index contributed by atoms with van der Waals surface area (Å²) in [4.78, 5) is 13.0. The van der Waals surface area contributed by atoms with Gasteiger partial charge in [0.05, 0.1) is 31.9 Å². The van der Waals surface area contributed by atoms with Crippen molar-refractivity contribution in [3.63, 3.8) is 0 Å². The molecule has 0 aliphatic carbocycles. The van der Waals surface area contributed by atoms with Gasteiger partial charge in [0.1, 0.15) is 23.9 Å². The lowest BCUT2D eigenvalue weighted by molar-refractivity contribution is 0.101. The van der Waals surface area contributed by atoms with Gasteiger partial charge in [0.2, 0.25) is 11.5 Å². The fourth-order valence-electron chi connectivity index (χ4n) is 3.70. The number of carbonyl (C=O) groups is 1. The third kappa shape index (κ3) is 4.26. The molecule has 0 saturated carbocycles. The highest BCUT2D eigenvalue weighted by molar-refractivity contribution is 6.31. The van der Waals surface area contributed by atoms with Crippen LogP contribution in [0.25, 0.3) is 6.08 Å². The molecule has 6 nitrogen and oxygen atoms in total. The van der Waals surface area contributed by atoms with Crippen molar-refractivity contribution >= 4 is 23.5 Å². The van der Waals surface area contributed by atoms with E-state index in [4.69, 9.17) is 35.3 Å². The van der Waals surface area contributed by atoms with Crippen LogP contribution in [0.4, 0.5) is 4.39 Å². The van der Waals surface area contributed by atoms with E-state index in [0.29, 0.717) is 51.0 Å². The molecule has 1 aliphatic rings. The average molecular weight is 485 g/mol. The van der Waals surface area contributed by atoms with Gasteiger partial charge in [-0.25, -0.2) is 4.39 Å². The number of halogens is 2. The van der Waals surface area contributed by atoms with Gasteiger partial charge in [-0.2, -0.15) is 0 Å². The van der Waals surface area contributed by atoms with Crippen LogP contribution in [-0.2, 0) is 6.61 Å². The molecular formula is C26H22ClFO6. The molecule has 0 saturated heterocycles. The van der Waals surface area contributed by atoms with Crippen molar-refractivity contribution in [2.75, 3.05) is 21.3 Å². The van der Waals surface area contributed by atoms with Gasteiger partial charge in [-0.3, -0.25) is 4.79 Å². The molecule has 0 spiro atoms. The van der Waals surface area contributed by atoms with Gasteiger partial charge in [0.25, 0.3) is 0 Å². The Morgan fingerprint density at radius 2 is 1.71 bits per heavy atom. The van der Waals surface area contributed by atoms with E-state index >= 15 is 0 Å². The van der Waals surface area contributed by atoms with Crippen LogP contribution in [0.5, 0.6) is 28.7 Å². The van der Waals surface area contributed by atoms with Crippen molar-refractivity contribution in [2.45, 2.75) is 13.5 Å². The fourth-order valence-corrected chi connectivity index (χ4v) is 3.92. The summed E-state index contributed by atoms with van der Waals surface area (Å²) >= 11 is 6.09. The van der Waals surface area contributed by atoms with E-state index in [1.54, 1.807) is 43.3 Å². The maximum absolute atomic E-state index is 13.3. The minimum absolute atomic E-state index is 0.137. The molecule has 0 aromatic heterocycles. The second-order valence-corrected chi connectivity index (χ2v) is 7.86. The second kappa shape index (κ2) is 9.65. The number of ketones is 1. The van der Waals surface area contributed by atoms with Gasteiger partial charge < -0.3 is 23.7 Å². The fraction of sp³-hybridized carbons (Fsp3) is 0.192. The minimum Gasteiger partial charge on any atom is -0.493 e. The summed E-state index contributed by atoms with van der Waals surface area (Å²) in [7, 11) is 4.54. The number of rotatable bonds is 7. The summed E-state index contributed by atoms with van der Waals surface area (Å²) in [6.45, 7) is 1.94. The first-order chi connectivity index (χ1) is 16.4. The molecule has 8 heteroatoms. The molecule has 4 rings (SSSR count). The maximum atomic E-state index is 13.3. The predicted octanol–water partition coefficient (Wildman–Crippen LogP) is 6.01. The van der Waals surface area contributed by atoms with Crippen LogP contribution < -0.4 is 23.7 Å². The van der Waals surface area contributed by atoms with Crippen molar-refractivity contribution in [1.82, 2.24) is 0 Å². The molecule has 0 fully saturated rings. The maximum Gasteiger partial charge on any atom is 0.231 e. The monoisotopic (exact) mass is 484 g/mol. The van der Waals surface area contributed by atoms with E-state index in [1.165, 1.54) is 33.5 Å². The van der Waals surface area contributed by atoms with Crippen LogP contribution in [0.15, 0.2) is 48.2 Å². The Morgan fingerprint density at radius 3 is 2.38 bits per heavy atom. The largest absolute Gasteiger partial charge is 0.493 e. The number of allylic oxidation sites excluding steroid dienone is 1. The lowest BCUT2D eigenvalue weighted by Gasteiger charge is -2.14. The zero-order valence-electron chi connectivity index (χ0n) is 19.0.